The number of amides is 2. The van der Waals surface area contributed by atoms with Crippen molar-refractivity contribution in [2.45, 2.75) is 4.90 Å². The van der Waals surface area contributed by atoms with Crippen molar-refractivity contribution in [2.24, 2.45) is 5.84 Å². The van der Waals surface area contributed by atoms with Crippen LogP contribution in [-0.2, 0) is 10.0 Å². The van der Waals surface area contributed by atoms with Gasteiger partial charge in [0.1, 0.15) is 10.6 Å². The predicted molar refractivity (Wildman–Crippen MR) is 135 cm³/mol. The van der Waals surface area contributed by atoms with E-state index in [2.05, 4.69) is 9.97 Å². The Morgan fingerprint density at radius 1 is 0.861 bits per heavy atom. The molecule has 2 amide bonds. The number of aromatic nitrogens is 2. The number of para-hydroxylation sites is 1. The number of anilines is 1. The van der Waals surface area contributed by atoms with E-state index in [1.165, 1.54) is 24.4 Å². The zero-order valence-electron chi connectivity index (χ0n) is 19.2. The number of nitrogens with two attached hydrogens (primary N) is 1. The Hall–Kier alpha value is -4.22. The number of pyridine rings is 1. The molecular weight excluding hydrogens is 480 g/mol. The maximum absolute atomic E-state index is 13.2. The number of sulfonamides is 1. The molecule has 10 nitrogen and oxygen atoms in total. The topological polar surface area (TPSA) is 133 Å². The van der Waals surface area contributed by atoms with Gasteiger partial charge >= 0.3 is 0 Å². The average molecular weight is 505 g/mol. The van der Waals surface area contributed by atoms with Gasteiger partial charge in [0.05, 0.1) is 11.2 Å². The third-order valence-corrected chi connectivity index (χ3v) is 7.80. The van der Waals surface area contributed by atoms with Crippen molar-refractivity contribution in [2.75, 3.05) is 30.6 Å². The fourth-order valence-corrected chi connectivity index (χ4v) is 5.49. The van der Waals surface area contributed by atoms with Crippen molar-refractivity contribution in [3.05, 3.63) is 90.4 Å². The van der Waals surface area contributed by atoms with Gasteiger partial charge < -0.3 is 14.8 Å². The Balaban J connectivity index is 1.28. The van der Waals surface area contributed by atoms with Crippen LogP contribution in [0, 0.1) is 0 Å². The lowest BCUT2D eigenvalue weighted by Crippen LogP contribution is -2.50. The Morgan fingerprint density at radius 3 is 2.19 bits per heavy atom. The SMILES string of the molecule is NN(c1ccc(C(=O)N2CCN(C(=O)c3ccc[nH]3)CC2)cc1)S(=O)(=O)c1cccc2cccnc12. The molecule has 0 saturated carbocycles. The Bertz CT molecular complexity index is 1510. The summed E-state index contributed by atoms with van der Waals surface area (Å²) < 4.78 is 27.2. The molecule has 2 aromatic carbocycles. The maximum atomic E-state index is 13.2. The van der Waals surface area contributed by atoms with Crippen molar-refractivity contribution in [1.29, 1.82) is 0 Å². The Kier molecular flexibility index (Phi) is 6.17. The third kappa shape index (κ3) is 4.30. The van der Waals surface area contributed by atoms with Gasteiger partial charge in [-0.3, -0.25) is 14.6 Å². The molecule has 3 heterocycles. The number of fused-ring (bicyclic) bond motifs is 1. The third-order valence-electron chi connectivity index (χ3n) is 6.18. The van der Waals surface area contributed by atoms with Gasteiger partial charge in [-0.05, 0) is 48.5 Å². The summed E-state index contributed by atoms with van der Waals surface area (Å²) in [6.07, 6.45) is 3.22. The number of benzene rings is 2. The molecule has 184 valence electrons. The summed E-state index contributed by atoms with van der Waals surface area (Å²) >= 11 is 0. The van der Waals surface area contributed by atoms with Gasteiger partial charge in [-0.1, -0.05) is 18.2 Å². The first kappa shape index (κ1) is 23.5. The number of hydrazine groups is 1. The number of piperazine rings is 1. The highest BCUT2D eigenvalue weighted by atomic mass is 32.2. The van der Waals surface area contributed by atoms with Crippen LogP contribution in [0.1, 0.15) is 20.8 Å². The number of nitrogens with one attached hydrogen (secondary N) is 1. The molecule has 1 aliphatic heterocycles. The lowest BCUT2D eigenvalue weighted by Gasteiger charge is -2.34. The van der Waals surface area contributed by atoms with Crippen LogP contribution in [-0.4, -0.2) is 66.2 Å². The highest BCUT2D eigenvalue weighted by Crippen LogP contribution is 2.26. The van der Waals surface area contributed by atoms with Crippen LogP contribution in [0.25, 0.3) is 10.9 Å². The second kappa shape index (κ2) is 9.44. The largest absolute Gasteiger partial charge is 0.357 e. The molecule has 0 radical (unpaired) electrons. The van der Waals surface area contributed by atoms with E-state index in [-0.39, 0.29) is 22.4 Å². The number of rotatable bonds is 5. The zero-order chi connectivity index (χ0) is 25.3. The summed E-state index contributed by atoms with van der Waals surface area (Å²) in [7, 11) is -4.09. The Labute approximate surface area is 208 Å². The summed E-state index contributed by atoms with van der Waals surface area (Å²) in [5.74, 6) is 5.74. The van der Waals surface area contributed by atoms with Gasteiger partial charge in [0.2, 0.25) is 0 Å². The number of H-pyrrole nitrogens is 1. The smallest absolute Gasteiger partial charge is 0.279 e. The van der Waals surface area contributed by atoms with Gasteiger partial charge in [0.25, 0.3) is 21.8 Å². The number of hydrogen-bond donors (Lipinski definition) is 2. The van der Waals surface area contributed by atoms with Crippen molar-refractivity contribution in [3.8, 4) is 0 Å². The van der Waals surface area contributed by atoms with E-state index in [4.69, 9.17) is 5.84 Å². The summed E-state index contributed by atoms with van der Waals surface area (Å²) in [5, 5.41) is 0.683. The number of carbonyl (C=O) groups is 2. The second-order valence-corrected chi connectivity index (χ2v) is 10.1. The second-order valence-electron chi connectivity index (χ2n) is 8.35. The number of nitrogens with zero attached hydrogens (tertiary/aromatic N) is 4. The van der Waals surface area contributed by atoms with E-state index in [1.54, 1.807) is 64.5 Å². The molecule has 5 rings (SSSR count). The Morgan fingerprint density at radius 2 is 1.53 bits per heavy atom. The molecule has 3 N–H and O–H groups in total. The molecule has 36 heavy (non-hydrogen) atoms. The van der Waals surface area contributed by atoms with Crippen LogP contribution >= 0.6 is 0 Å². The van der Waals surface area contributed by atoms with Gasteiger partial charge in [-0.15, -0.1) is 0 Å². The normalized spacial score (nSPS) is 14.1. The van der Waals surface area contributed by atoms with Gasteiger partial charge in [0, 0.05) is 49.5 Å². The molecule has 0 unspecified atom stereocenters. The van der Waals surface area contributed by atoms with Crippen LogP contribution in [0.4, 0.5) is 5.69 Å². The number of carbonyl (C=O) groups excluding carboxylic acids is 2. The summed E-state index contributed by atoms with van der Waals surface area (Å²) in [5.41, 5.74) is 1.46. The molecule has 0 atom stereocenters. The number of aromatic amines is 1. The molecule has 2 aromatic heterocycles. The summed E-state index contributed by atoms with van der Waals surface area (Å²) in [6.45, 7) is 1.65. The van der Waals surface area contributed by atoms with E-state index in [0.29, 0.717) is 52.8 Å². The van der Waals surface area contributed by atoms with Crippen LogP contribution in [0.2, 0.25) is 0 Å². The van der Waals surface area contributed by atoms with E-state index in [1.807, 2.05) is 0 Å². The monoisotopic (exact) mass is 504 g/mol. The molecule has 1 aliphatic rings. The molecule has 0 spiro atoms. The average Bonchev–Trinajstić information content (AvgIpc) is 3.47. The first-order valence-electron chi connectivity index (χ1n) is 11.3. The molecular formula is C25H24N6O4S. The molecule has 1 fully saturated rings. The fraction of sp³-hybridized carbons (Fsp3) is 0.160. The molecule has 1 saturated heterocycles. The highest BCUT2D eigenvalue weighted by Gasteiger charge is 2.27. The van der Waals surface area contributed by atoms with Gasteiger partial charge in [-0.2, -0.15) is 8.42 Å². The highest BCUT2D eigenvalue weighted by molar-refractivity contribution is 7.93. The van der Waals surface area contributed by atoms with E-state index in [0.717, 1.165) is 0 Å². The van der Waals surface area contributed by atoms with Crippen LogP contribution in [0.15, 0.2) is 84.0 Å². The molecule has 11 heteroatoms. The van der Waals surface area contributed by atoms with Gasteiger partial charge in [-0.25, -0.2) is 10.3 Å². The zero-order valence-corrected chi connectivity index (χ0v) is 20.1. The quantitative estimate of drug-likeness (QED) is 0.316. The van der Waals surface area contributed by atoms with Crippen LogP contribution < -0.4 is 10.3 Å². The van der Waals surface area contributed by atoms with Crippen LogP contribution in [0.5, 0.6) is 0 Å². The van der Waals surface area contributed by atoms with Crippen LogP contribution in [0.3, 0.4) is 0 Å². The van der Waals surface area contributed by atoms with E-state index < -0.39 is 10.0 Å². The predicted octanol–water partition coefficient (Wildman–Crippen LogP) is 2.23. The maximum Gasteiger partial charge on any atom is 0.279 e. The molecule has 4 aromatic rings. The van der Waals surface area contributed by atoms with Crippen molar-refractivity contribution < 1.29 is 18.0 Å². The van der Waals surface area contributed by atoms with Gasteiger partial charge in [0.15, 0.2) is 0 Å². The van der Waals surface area contributed by atoms with E-state index >= 15 is 0 Å². The minimum Gasteiger partial charge on any atom is -0.357 e. The van der Waals surface area contributed by atoms with E-state index in [9.17, 15) is 18.0 Å². The summed E-state index contributed by atoms with van der Waals surface area (Å²) in [4.78, 5) is 36.0. The lowest BCUT2D eigenvalue weighted by molar-refractivity contribution is 0.0532. The van der Waals surface area contributed by atoms with Crippen molar-refractivity contribution in [1.82, 2.24) is 19.8 Å². The standard InChI is InChI=1S/C25H24N6O4S/c26-31(36(34,35)22-7-1-4-18-5-2-13-28-23(18)22)20-10-8-19(9-11-20)24(32)29-14-16-30(17-15-29)25(33)21-6-3-12-27-21/h1-13,27H,14-17,26H2. The molecule has 0 aliphatic carbocycles. The van der Waals surface area contributed by atoms with Crippen molar-refractivity contribution in [3.63, 3.8) is 0 Å². The minimum absolute atomic E-state index is 0.00461. The van der Waals surface area contributed by atoms with Crippen molar-refractivity contribution >= 4 is 38.4 Å². The fourth-order valence-electron chi connectivity index (χ4n) is 4.21. The first-order valence-corrected chi connectivity index (χ1v) is 12.8. The first-order chi connectivity index (χ1) is 17.4. The lowest BCUT2D eigenvalue weighted by atomic mass is 10.1. The summed E-state index contributed by atoms with van der Waals surface area (Å²) in [6, 6.07) is 18.0. The number of hydrogen-bond acceptors (Lipinski definition) is 6. The molecule has 0 bridgehead atoms. The minimum atomic E-state index is -4.09.